The van der Waals surface area contributed by atoms with E-state index in [1.165, 1.54) is 0 Å². The quantitative estimate of drug-likeness (QED) is 0.359. The Morgan fingerprint density at radius 1 is 1.08 bits per heavy atom. The number of hydrogen-bond acceptors (Lipinski definition) is 6. The number of nitrogens with zero attached hydrogens (tertiary/aromatic N) is 4. The fourth-order valence-corrected chi connectivity index (χ4v) is 6.56. The lowest BCUT2D eigenvalue weighted by atomic mass is 9.61. The molecule has 36 heavy (non-hydrogen) atoms. The van der Waals surface area contributed by atoms with Crippen LogP contribution in [0.3, 0.4) is 0 Å². The Hall–Kier alpha value is -3.79. The molecule has 3 aromatic carbocycles. The number of nitriles is 1. The van der Waals surface area contributed by atoms with Crippen LogP contribution in [-0.2, 0) is 15.1 Å². The Morgan fingerprint density at radius 2 is 1.75 bits per heavy atom. The summed E-state index contributed by atoms with van der Waals surface area (Å²) in [7, 11) is 1.94. The van der Waals surface area contributed by atoms with E-state index in [1.807, 2.05) is 73.8 Å². The Labute approximate surface area is 214 Å². The summed E-state index contributed by atoms with van der Waals surface area (Å²) in [6, 6.07) is 25.4. The van der Waals surface area contributed by atoms with Gasteiger partial charge in [-0.3, -0.25) is 9.69 Å². The van der Waals surface area contributed by atoms with Crippen LogP contribution in [0.1, 0.15) is 29.7 Å². The van der Waals surface area contributed by atoms with E-state index in [1.54, 1.807) is 13.0 Å². The monoisotopic (exact) mass is 494 g/mol. The van der Waals surface area contributed by atoms with E-state index in [0.29, 0.717) is 28.5 Å². The Balaban J connectivity index is 1.77. The predicted molar refractivity (Wildman–Crippen MR) is 137 cm³/mol. The molecule has 0 N–H and O–H groups in total. The molecule has 1 aliphatic carbocycles. The van der Waals surface area contributed by atoms with E-state index >= 15 is 0 Å². The lowest BCUT2D eigenvalue weighted by Gasteiger charge is -2.42. The highest BCUT2D eigenvalue weighted by molar-refractivity contribution is 6.31. The summed E-state index contributed by atoms with van der Waals surface area (Å²) in [5.41, 5.74) is 2.26. The van der Waals surface area contributed by atoms with Crippen molar-refractivity contribution in [2.45, 2.75) is 18.4 Å². The summed E-state index contributed by atoms with van der Waals surface area (Å²) in [4.78, 5) is 26.3. The Morgan fingerprint density at radius 3 is 2.47 bits per heavy atom. The van der Waals surface area contributed by atoms with Crippen LogP contribution in [0.15, 0.2) is 72.8 Å². The third-order valence-corrected chi connectivity index (χ3v) is 8.01. The van der Waals surface area contributed by atoms with E-state index < -0.39 is 22.8 Å². The van der Waals surface area contributed by atoms with E-state index in [0.717, 1.165) is 22.2 Å². The van der Waals surface area contributed by atoms with Crippen molar-refractivity contribution in [3.05, 3.63) is 94.6 Å². The minimum atomic E-state index is -1.67. The highest BCUT2D eigenvalue weighted by Crippen LogP contribution is 2.66. The van der Waals surface area contributed by atoms with Gasteiger partial charge in [0.25, 0.3) is 0 Å². The SMILES string of the molecule is CCOC(=O)[C@]1(C#N)[C@@H](c2ccccc2Cl)CN(C)[C@@]12c1ccccc1-c1nc3ccccc3nc12. The van der Waals surface area contributed by atoms with Crippen molar-refractivity contribution in [2.24, 2.45) is 5.41 Å². The zero-order valence-corrected chi connectivity index (χ0v) is 20.7. The van der Waals surface area contributed by atoms with Crippen LogP contribution in [0.2, 0.25) is 5.02 Å². The largest absolute Gasteiger partial charge is 0.465 e. The number of esters is 1. The molecule has 0 saturated carbocycles. The number of ether oxygens (including phenoxy) is 1. The van der Waals surface area contributed by atoms with Crippen LogP contribution in [0.25, 0.3) is 22.3 Å². The number of hydrogen-bond donors (Lipinski definition) is 0. The number of likely N-dealkylation sites (N-methyl/N-ethyl adjacent to an activating group) is 1. The summed E-state index contributed by atoms with van der Waals surface area (Å²) in [5.74, 6) is -1.15. The maximum atomic E-state index is 14.1. The first-order chi connectivity index (χ1) is 17.5. The molecular formula is C29H23ClN4O2. The van der Waals surface area contributed by atoms with Gasteiger partial charge in [-0.05, 0) is 43.3 Å². The van der Waals surface area contributed by atoms with Crippen molar-refractivity contribution in [3.8, 4) is 17.3 Å². The summed E-state index contributed by atoms with van der Waals surface area (Å²) in [6.45, 7) is 2.30. The van der Waals surface area contributed by atoms with Crippen molar-refractivity contribution in [1.29, 1.82) is 5.26 Å². The van der Waals surface area contributed by atoms with E-state index in [4.69, 9.17) is 26.3 Å². The van der Waals surface area contributed by atoms with Crippen LogP contribution in [0.5, 0.6) is 0 Å². The molecule has 3 atom stereocenters. The van der Waals surface area contributed by atoms with E-state index in [-0.39, 0.29) is 6.61 Å². The van der Waals surface area contributed by atoms with Gasteiger partial charge in [0.2, 0.25) is 0 Å². The molecule has 1 aromatic heterocycles. The number of rotatable bonds is 3. The normalized spacial score (nSPS) is 24.4. The molecule has 1 saturated heterocycles. The van der Waals surface area contributed by atoms with Gasteiger partial charge in [-0.1, -0.05) is 66.2 Å². The zero-order chi connectivity index (χ0) is 25.1. The maximum absolute atomic E-state index is 14.1. The standard InChI is InChI=1S/C29H23ClN4O2/c1-3-36-27(35)28(17-31)21(18-10-5-7-13-22(18)30)16-34(2)29(28)20-12-6-4-11-19(20)25-26(29)33-24-15-9-8-14-23(24)32-25/h4-15,21H,3,16H2,1-2H3/t21-,28+,29-/m1/s1. The molecule has 6 rings (SSSR count). The number of likely N-dealkylation sites (tertiary alicyclic amines) is 1. The molecule has 1 fully saturated rings. The molecule has 2 heterocycles. The molecule has 7 heteroatoms. The van der Waals surface area contributed by atoms with Gasteiger partial charge in [-0.15, -0.1) is 0 Å². The number of benzene rings is 3. The van der Waals surface area contributed by atoms with Crippen LogP contribution >= 0.6 is 11.6 Å². The molecular weight excluding hydrogens is 472 g/mol. The summed E-state index contributed by atoms with van der Waals surface area (Å²) in [5, 5.41) is 11.6. The molecule has 4 aromatic rings. The van der Waals surface area contributed by atoms with Gasteiger partial charge in [-0.2, -0.15) is 5.26 Å². The third kappa shape index (κ3) is 2.67. The van der Waals surface area contributed by atoms with Crippen molar-refractivity contribution in [1.82, 2.24) is 14.9 Å². The minimum absolute atomic E-state index is 0.148. The average molecular weight is 495 g/mol. The molecule has 1 spiro atoms. The maximum Gasteiger partial charge on any atom is 0.329 e. The molecule has 6 nitrogen and oxygen atoms in total. The van der Waals surface area contributed by atoms with Gasteiger partial charge in [0, 0.05) is 23.0 Å². The highest BCUT2D eigenvalue weighted by Gasteiger charge is 2.74. The number of halogens is 1. The summed E-state index contributed by atoms with van der Waals surface area (Å²) < 4.78 is 5.68. The average Bonchev–Trinajstić information content (AvgIpc) is 3.34. The number of para-hydroxylation sites is 2. The second-order valence-corrected chi connectivity index (χ2v) is 9.67. The zero-order valence-electron chi connectivity index (χ0n) is 19.9. The highest BCUT2D eigenvalue weighted by atomic mass is 35.5. The molecule has 0 bridgehead atoms. The summed E-state index contributed by atoms with van der Waals surface area (Å²) >= 11 is 6.68. The van der Waals surface area contributed by atoms with Crippen LogP contribution < -0.4 is 0 Å². The molecule has 178 valence electrons. The second kappa shape index (κ2) is 8.12. The molecule has 0 radical (unpaired) electrons. The minimum Gasteiger partial charge on any atom is -0.465 e. The Bertz CT molecular complexity index is 1580. The van der Waals surface area contributed by atoms with Gasteiger partial charge in [0.1, 0.15) is 5.54 Å². The lowest BCUT2D eigenvalue weighted by molar-refractivity contribution is -0.156. The van der Waals surface area contributed by atoms with Crippen molar-refractivity contribution in [2.75, 3.05) is 20.2 Å². The van der Waals surface area contributed by atoms with Crippen molar-refractivity contribution < 1.29 is 9.53 Å². The van der Waals surface area contributed by atoms with Crippen LogP contribution in [0.4, 0.5) is 0 Å². The van der Waals surface area contributed by atoms with Gasteiger partial charge in [0.05, 0.1) is 35.1 Å². The number of carbonyl (C=O) groups is 1. The fourth-order valence-electron chi connectivity index (χ4n) is 6.29. The summed E-state index contributed by atoms with van der Waals surface area (Å²) in [6.07, 6.45) is 0. The first kappa shape index (κ1) is 22.7. The Kier molecular flexibility index (Phi) is 5.11. The fraction of sp³-hybridized carbons (Fsp3) is 0.241. The molecule has 2 aliphatic rings. The van der Waals surface area contributed by atoms with Gasteiger partial charge in [0.15, 0.2) is 5.41 Å². The topological polar surface area (TPSA) is 79.1 Å². The molecule has 0 amide bonds. The first-order valence-corrected chi connectivity index (χ1v) is 12.3. The molecule has 0 unspecified atom stereocenters. The van der Waals surface area contributed by atoms with Crippen molar-refractivity contribution in [3.63, 3.8) is 0 Å². The predicted octanol–water partition coefficient (Wildman–Crippen LogP) is 5.31. The van der Waals surface area contributed by atoms with Crippen LogP contribution in [-0.4, -0.2) is 41.0 Å². The van der Waals surface area contributed by atoms with E-state index in [9.17, 15) is 10.1 Å². The number of fused-ring (bicyclic) bond motifs is 6. The molecule has 1 aliphatic heterocycles. The van der Waals surface area contributed by atoms with E-state index in [2.05, 4.69) is 11.0 Å². The van der Waals surface area contributed by atoms with Gasteiger partial charge < -0.3 is 4.74 Å². The second-order valence-electron chi connectivity index (χ2n) is 9.26. The van der Waals surface area contributed by atoms with Gasteiger partial charge in [-0.25, -0.2) is 9.97 Å². The van der Waals surface area contributed by atoms with Crippen LogP contribution in [0, 0.1) is 16.7 Å². The number of aromatic nitrogens is 2. The van der Waals surface area contributed by atoms with Gasteiger partial charge >= 0.3 is 5.97 Å². The lowest BCUT2D eigenvalue weighted by Crippen LogP contribution is -2.55. The number of carbonyl (C=O) groups excluding carboxylic acids is 1. The smallest absolute Gasteiger partial charge is 0.329 e. The van der Waals surface area contributed by atoms with Crippen molar-refractivity contribution >= 4 is 28.6 Å². The first-order valence-electron chi connectivity index (χ1n) is 11.9. The third-order valence-electron chi connectivity index (χ3n) is 7.66.